The van der Waals surface area contributed by atoms with E-state index in [4.69, 9.17) is 32.7 Å². The summed E-state index contributed by atoms with van der Waals surface area (Å²) in [5.74, 6) is 0.0591. The van der Waals surface area contributed by atoms with Crippen molar-refractivity contribution in [2.45, 2.75) is 26.5 Å². The van der Waals surface area contributed by atoms with E-state index >= 15 is 0 Å². The standard InChI is InChI=1S/C21H20Cl2N2O4/c1-3-28-20(26)18-12(2)24-21(27)25-19(18)13-6-4-7-14(10-13)29-11-15-16(22)8-5-9-17(15)23/h4-10,19H,3,11H2,1-2H3,(H2,24,25,27). The molecule has 3 rings (SSSR count). The quantitative estimate of drug-likeness (QED) is 0.642. The minimum Gasteiger partial charge on any atom is -0.489 e. The zero-order valence-electron chi connectivity index (χ0n) is 15.9. The average Bonchev–Trinajstić information content (AvgIpc) is 2.67. The lowest BCUT2D eigenvalue weighted by Gasteiger charge is -2.28. The van der Waals surface area contributed by atoms with Gasteiger partial charge >= 0.3 is 12.0 Å². The number of hydrogen-bond donors (Lipinski definition) is 2. The van der Waals surface area contributed by atoms with Crippen LogP contribution in [0.4, 0.5) is 4.79 Å². The molecule has 1 aliphatic heterocycles. The molecule has 1 unspecified atom stereocenters. The third kappa shape index (κ3) is 4.83. The number of nitrogens with one attached hydrogen (secondary N) is 2. The van der Waals surface area contributed by atoms with E-state index in [1.807, 2.05) is 0 Å². The molecule has 1 atom stereocenters. The summed E-state index contributed by atoms with van der Waals surface area (Å²) < 4.78 is 11.0. The van der Waals surface area contributed by atoms with Gasteiger partial charge in [0.15, 0.2) is 0 Å². The first-order valence-corrected chi connectivity index (χ1v) is 9.77. The highest BCUT2D eigenvalue weighted by Gasteiger charge is 2.32. The predicted octanol–water partition coefficient (Wildman–Crippen LogP) is 4.76. The van der Waals surface area contributed by atoms with Crippen LogP contribution in [0, 0.1) is 0 Å². The molecule has 2 aromatic carbocycles. The monoisotopic (exact) mass is 434 g/mol. The number of rotatable bonds is 6. The average molecular weight is 435 g/mol. The third-order valence-electron chi connectivity index (χ3n) is 4.40. The van der Waals surface area contributed by atoms with Crippen molar-refractivity contribution in [3.05, 3.63) is 74.9 Å². The summed E-state index contributed by atoms with van der Waals surface area (Å²) in [5.41, 5.74) is 2.16. The Labute approximate surface area is 178 Å². The lowest BCUT2D eigenvalue weighted by atomic mass is 9.95. The van der Waals surface area contributed by atoms with Gasteiger partial charge in [-0.25, -0.2) is 9.59 Å². The van der Waals surface area contributed by atoms with Gasteiger partial charge in [0.2, 0.25) is 0 Å². The summed E-state index contributed by atoms with van der Waals surface area (Å²) in [7, 11) is 0. The number of amides is 2. The second-order valence-corrected chi connectivity index (χ2v) is 7.17. The molecule has 0 radical (unpaired) electrons. The van der Waals surface area contributed by atoms with Crippen LogP contribution in [0.15, 0.2) is 53.7 Å². The second-order valence-electron chi connectivity index (χ2n) is 6.35. The van der Waals surface area contributed by atoms with Crippen LogP contribution < -0.4 is 15.4 Å². The first-order chi connectivity index (χ1) is 13.9. The molecule has 0 saturated heterocycles. The zero-order valence-corrected chi connectivity index (χ0v) is 17.4. The number of urea groups is 1. The number of halogens is 2. The molecule has 1 heterocycles. The number of carbonyl (C=O) groups is 2. The van der Waals surface area contributed by atoms with Crippen molar-refractivity contribution in [1.82, 2.24) is 10.6 Å². The Morgan fingerprint density at radius 2 is 1.83 bits per heavy atom. The molecule has 8 heteroatoms. The summed E-state index contributed by atoms with van der Waals surface area (Å²) in [6.07, 6.45) is 0. The zero-order chi connectivity index (χ0) is 21.0. The fraction of sp³-hybridized carbons (Fsp3) is 0.238. The van der Waals surface area contributed by atoms with Gasteiger partial charge in [0, 0.05) is 21.3 Å². The van der Waals surface area contributed by atoms with Gasteiger partial charge in [0.1, 0.15) is 12.4 Å². The van der Waals surface area contributed by atoms with Crippen molar-refractivity contribution in [3.63, 3.8) is 0 Å². The Morgan fingerprint density at radius 3 is 2.52 bits per heavy atom. The summed E-state index contributed by atoms with van der Waals surface area (Å²) in [6.45, 7) is 3.81. The maximum atomic E-state index is 12.4. The van der Waals surface area contributed by atoms with Crippen LogP contribution >= 0.6 is 23.2 Å². The topological polar surface area (TPSA) is 76.7 Å². The van der Waals surface area contributed by atoms with Crippen LogP contribution in [0.2, 0.25) is 10.0 Å². The molecule has 2 amide bonds. The molecular formula is C21H20Cl2N2O4. The van der Waals surface area contributed by atoms with Crippen molar-refractivity contribution in [1.29, 1.82) is 0 Å². The summed E-state index contributed by atoms with van der Waals surface area (Å²) in [5, 5.41) is 6.41. The smallest absolute Gasteiger partial charge is 0.338 e. The van der Waals surface area contributed by atoms with Gasteiger partial charge in [0.25, 0.3) is 0 Å². The largest absolute Gasteiger partial charge is 0.489 e. The van der Waals surface area contributed by atoms with Crippen molar-refractivity contribution in [2.75, 3.05) is 6.61 Å². The summed E-state index contributed by atoms with van der Waals surface area (Å²) >= 11 is 12.4. The number of hydrogen-bond acceptors (Lipinski definition) is 4. The number of benzene rings is 2. The Kier molecular flexibility index (Phi) is 6.67. The molecule has 29 heavy (non-hydrogen) atoms. The summed E-state index contributed by atoms with van der Waals surface area (Å²) in [6, 6.07) is 11.3. The normalized spacial score (nSPS) is 16.1. The van der Waals surface area contributed by atoms with Gasteiger partial charge in [-0.2, -0.15) is 0 Å². The summed E-state index contributed by atoms with van der Waals surface area (Å²) in [4.78, 5) is 24.4. The number of carbonyl (C=O) groups excluding carboxylic acids is 2. The van der Waals surface area contributed by atoms with Gasteiger partial charge in [-0.3, -0.25) is 0 Å². The predicted molar refractivity (Wildman–Crippen MR) is 111 cm³/mol. The Bertz CT molecular complexity index is 955. The second kappa shape index (κ2) is 9.20. The minimum absolute atomic E-state index is 0.181. The van der Waals surface area contributed by atoms with Crippen LogP contribution in [0.25, 0.3) is 0 Å². The van der Waals surface area contributed by atoms with Gasteiger partial charge in [-0.05, 0) is 43.7 Å². The highest BCUT2D eigenvalue weighted by Crippen LogP contribution is 2.31. The van der Waals surface area contributed by atoms with E-state index in [2.05, 4.69) is 10.6 Å². The molecule has 2 N–H and O–H groups in total. The molecule has 0 fully saturated rings. The molecule has 6 nitrogen and oxygen atoms in total. The molecule has 0 bridgehead atoms. The number of ether oxygens (including phenoxy) is 2. The molecule has 2 aromatic rings. The van der Waals surface area contributed by atoms with Gasteiger partial charge < -0.3 is 20.1 Å². The molecular weight excluding hydrogens is 415 g/mol. The maximum absolute atomic E-state index is 12.4. The van der Waals surface area contributed by atoms with E-state index < -0.39 is 18.0 Å². The van der Waals surface area contributed by atoms with Gasteiger partial charge in [0.05, 0.1) is 18.2 Å². The van der Waals surface area contributed by atoms with Crippen molar-refractivity contribution < 1.29 is 19.1 Å². The molecule has 152 valence electrons. The minimum atomic E-state index is -0.657. The fourth-order valence-corrected chi connectivity index (χ4v) is 3.54. The van der Waals surface area contributed by atoms with E-state index in [0.717, 1.165) is 0 Å². The first-order valence-electron chi connectivity index (χ1n) is 9.01. The van der Waals surface area contributed by atoms with Crippen molar-refractivity contribution in [3.8, 4) is 5.75 Å². The van der Waals surface area contributed by atoms with Crippen LogP contribution in [0.3, 0.4) is 0 Å². The van der Waals surface area contributed by atoms with E-state index in [-0.39, 0.29) is 13.2 Å². The number of allylic oxidation sites excluding steroid dienone is 1. The first kappa shape index (κ1) is 21.0. The lowest BCUT2D eigenvalue weighted by molar-refractivity contribution is -0.139. The molecule has 0 aliphatic carbocycles. The van der Waals surface area contributed by atoms with E-state index in [9.17, 15) is 9.59 Å². The van der Waals surface area contributed by atoms with Gasteiger partial charge in [-0.15, -0.1) is 0 Å². The lowest BCUT2D eigenvalue weighted by Crippen LogP contribution is -2.45. The Hall–Kier alpha value is -2.70. The van der Waals surface area contributed by atoms with Crippen LogP contribution in [-0.4, -0.2) is 18.6 Å². The molecule has 0 saturated carbocycles. The maximum Gasteiger partial charge on any atom is 0.338 e. The van der Waals surface area contributed by atoms with Crippen LogP contribution in [0.1, 0.15) is 31.0 Å². The van der Waals surface area contributed by atoms with Crippen molar-refractivity contribution in [2.24, 2.45) is 0 Å². The molecule has 0 spiro atoms. The van der Waals surface area contributed by atoms with Crippen molar-refractivity contribution >= 4 is 35.2 Å². The van der Waals surface area contributed by atoms with E-state index in [0.29, 0.717) is 38.2 Å². The molecule has 0 aromatic heterocycles. The van der Waals surface area contributed by atoms with E-state index in [1.165, 1.54) is 0 Å². The highest BCUT2D eigenvalue weighted by atomic mass is 35.5. The number of esters is 1. The third-order valence-corrected chi connectivity index (χ3v) is 5.11. The van der Waals surface area contributed by atoms with Crippen LogP contribution in [0.5, 0.6) is 5.75 Å². The van der Waals surface area contributed by atoms with Crippen LogP contribution in [-0.2, 0) is 16.1 Å². The Balaban J connectivity index is 1.86. The SMILES string of the molecule is CCOC(=O)C1=C(C)NC(=O)NC1c1cccc(OCc2c(Cl)cccc2Cl)c1. The fourth-order valence-electron chi connectivity index (χ4n) is 3.03. The molecule has 1 aliphatic rings. The van der Waals surface area contributed by atoms with E-state index in [1.54, 1.807) is 56.3 Å². The highest BCUT2D eigenvalue weighted by molar-refractivity contribution is 6.35. The Morgan fingerprint density at radius 1 is 1.14 bits per heavy atom. The van der Waals surface area contributed by atoms with Gasteiger partial charge in [-0.1, -0.05) is 41.4 Å².